The van der Waals surface area contributed by atoms with Crippen molar-refractivity contribution in [2.24, 2.45) is 10.2 Å². The van der Waals surface area contributed by atoms with Crippen LogP contribution in [0.3, 0.4) is 0 Å². The van der Waals surface area contributed by atoms with E-state index in [1.807, 2.05) is 0 Å². The normalized spacial score (nSPS) is 12.9. The summed E-state index contributed by atoms with van der Waals surface area (Å²) in [5, 5.41) is 17.8. The molecule has 0 fully saturated rings. The first-order valence-corrected chi connectivity index (χ1v) is 9.93. The van der Waals surface area contributed by atoms with Gasteiger partial charge in [-0.15, -0.1) is 15.3 Å². The Morgan fingerprint density at radius 3 is 2.64 bits per heavy atom. The van der Waals surface area contributed by atoms with E-state index >= 15 is 0 Å². The molecule has 8 nitrogen and oxygen atoms in total. The van der Waals surface area contributed by atoms with E-state index in [9.17, 15) is 0 Å². The third kappa shape index (κ3) is 3.74. The maximum absolute atomic E-state index is 4.62. The zero-order valence-corrected chi connectivity index (χ0v) is 16.9. The van der Waals surface area contributed by atoms with Crippen LogP contribution in [0.1, 0.15) is 59.0 Å². The molecule has 0 aliphatic carbocycles. The molecule has 3 aromatic heterocycles. The number of hydrogen-bond donors (Lipinski definition) is 1. The van der Waals surface area contributed by atoms with Gasteiger partial charge in [0, 0.05) is 22.9 Å². The zero-order chi connectivity index (χ0) is 18.2. The number of H-pyrrole nitrogens is 1. The Morgan fingerprint density at radius 2 is 2.00 bits per heavy atom. The van der Waals surface area contributed by atoms with Crippen molar-refractivity contribution in [3.8, 4) is 0 Å². The summed E-state index contributed by atoms with van der Waals surface area (Å²) in [4.78, 5) is 8.99. The topological polar surface area (TPSA) is 96.5 Å². The van der Waals surface area contributed by atoms with Crippen LogP contribution in [0, 0.1) is 0 Å². The molecule has 0 unspecified atom stereocenters. The Bertz CT molecular complexity index is 897. The van der Waals surface area contributed by atoms with Crippen molar-refractivity contribution < 1.29 is 0 Å². The van der Waals surface area contributed by atoms with Gasteiger partial charge in [-0.05, 0) is 5.75 Å². The summed E-state index contributed by atoms with van der Waals surface area (Å²) in [5.74, 6) is 1.95. The molecular weight excluding hydrogens is 356 g/mol. The summed E-state index contributed by atoms with van der Waals surface area (Å²) in [5.41, 5.74) is 2.19. The Labute approximate surface area is 154 Å². The Kier molecular flexibility index (Phi) is 4.92. The van der Waals surface area contributed by atoms with Crippen LogP contribution in [0.15, 0.2) is 15.4 Å². The van der Waals surface area contributed by atoms with E-state index in [4.69, 9.17) is 0 Å². The second kappa shape index (κ2) is 6.83. The van der Waals surface area contributed by atoms with Gasteiger partial charge in [-0.2, -0.15) is 14.0 Å². The number of azo groups is 1. The molecule has 0 amide bonds. The van der Waals surface area contributed by atoms with Crippen molar-refractivity contribution in [2.45, 2.75) is 58.0 Å². The van der Waals surface area contributed by atoms with E-state index in [1.165, 1.54) is 11.5 Å². The number of nitrogens with zero attached hydrogens (tertiary/aromatic N) is 7. The van der Waals surface area contributed by atoms with Crippen LogP contribution >= 0.6 is 23.3 Å². The van der Waals surface area contributed by atoms with Crippen molar-refractivity contribution in [1.82, 2.24) is 29.2 Å². The third-order valence-electron chi connectivity index (χ3n) is 3.46. The summed E-state index contributed by atoms with van der Waals surface area (Å²) in [6, 6.07) is 0. The molecule has 0 saturated heterocycles. The van der Waals surface area contributed by atoms with E-state index in [1.54, 1.807) is 16.4 Å². The average Bonchev–Trinajstić information content (AvgIpc) is 3.18. The molecule has 134 valence electrons. The maximum Gasteiger partial charge on any atom is 0.250 e. The largest absolute Gasteiger partial charge is 0.277 e. The van der Waals surface area contributed by atoms with Crippen LogP contribution < -0.4 is 0 Å². The van der Waals surface area contributed by atoms with E-state index < -0.39 is 0 Å². The van der Waals surface area contributed by atoms with Crippen LogP contribution in [0.4, 0.5) is 10.8 Å². The second-order valence-electron chi connectivity index (χ2n) is 6.94. The Morgan fingerprint density at radius 1 is 1.24 bits per heavy atom. The lowest BCUT2D eigenvalue weighted by molar-refractivity contribution is 0.555. The minimum Gasteiger partial charge on any atom is -0.277 e. The summed E-state index contributed by atoms with van der Waals surface area (Å²) >= 11 is 2.83. The minimum atomic E-state index is -0.140. The summed E-state index contributed by atoms with van der Waals surface area (Å²) < 4.78 is 5.95. The molecular formula is C15H22N8S2. The highest BCUT2D eigenvalue weighted by Gasteiger charge is 2.26. The lowest BCUT2D eigenvalue weighted by Gasteiger charge is -2.16. The van der Waals surface area contributed by atoms with Gasteiger partial charge in [-0.3, -0.25) is 5.10 Å². The van der Waals surface area contributed by atoms with Crippen molar-refractivity contribution >= 4 is 39.8 Å². The molecule has 25 heavy (non-hydrogen) atoms. The lowest BCUT2D eigenvalue weighted by atomic mass is 9.91. The van der Waals surface area contributed by atoms with Crippen molar-refractivity contribution in [1.29, 1.82) is 0 Å². The number of nitrogens with one attached hydrogen (secondary N) is 1. The number of hydrogen-bond acceptors (Lipinski definition) is 8. The fourth-order valence-corrected chi connectivity index (χ4v) is 3.41. The molecule has 3 aromatic rings. The fourth-order valence-electron chi connectivity index (χ4n) is 2.22. The predicted octanol–water partition coefficient (Wildman–Crippen LogP) is 4.86. The molecule has 3 rings (SSSR count). The highest BCUT2D eigenvalue weighted by molar-refractivity contribution is 7.99. The molecule has 1 N–H and O–H groups in total. The van der Waals surface area contributed by atoms with Crippen molar-refractivity contribution in [3.05, 3.63) is 11.5 Å². The number of aromatic amines is 1. The van der Waals surface area contributed by atoms with Crippen LogP contribution in [0.2, 0.25) is 0 Å². The van der Waals surface area contributed by atoms with Crippen LogP contribution in [0.5, 0.6) is 0 Å². The number of fused-ring (bicyclic) bond motifs is 1. The van der Waals surface area contributed by atoms with E-state index in [0.29, 0.717) is 16.5 Å². The van der Waals surface area contributed by atoms with Gasteiger partial charge in [0.05, 0.1) is 5.69 Å². The van der Waals surface area contributed by atoms with Gasteiger partial charge in [0.15, 0.2) is 11.5 Å². The Hall–Kier alpha value is -1.81. The Balaban J connectivity index is 2.03. The highest BCUT2D eigenvalue weighted by atomic mass is 32.2. The fraction of sp³-hybridized carbons (Fsp3) is 0.600. The van der Waals surface area contributed by atoms with Gasteiger partial charge in [0.1, 0.15) is 0 Å². The number of thioether (sulfide) groups is 1. The average molecular weight is 379 g/mol. The molecule has 0 aromatic carbocycles. The van der Waals surface area contributed by atoms with Crippen molar-refractivity contribution in [2.75, 3.05) is 5.75 Å². The molecule has 0 radical (unpaired) electrons. The molecule has 0 bridgehead atoms. The lowest BCUT2D eigenvalue weighted by Crippen LogP contribution is -2.12. The summed E-state index contributed by atoms with van der Waals surface area (Å²) in [6.45, 7) is 12.5. The van der Waals surface area contributed by atoms with E-state index in [-0.39, 0.29) is 11.3 Å². The first-order valence-electron chi connectivity index (χ1n) is 8.17. The van der Waals surface area contributed by atoms with Gasteiger partial charge >= 0.3 is 0 Å². The molecule has 3 heterocycles. The molecule has 0 aliphatic rings. The molecule has 0 saturated carbocycles. The van der Waals surface area contributed by atoms with Gasteiger partial charge in [0.2, 0.25) is 15.9 Å². The first-order chi connectivity index (χ1) is 11.8. The number of rotatable bonds is 5. The van der Waals surface area contributed by atoms with E-state index in [0.717, 1.165) is 22.4 Å². The first kappa shape index (κ1) is 18.0. The van der Waals surface area contributed by atoms with Crippen LogP contribution in [-0.4, -0.2) is 34.9 Å². The summed E-state index contributed by atoms with van der Waals surface area (Å²) in [7, 11) is 0. The predicted molar refractivity (Wildman–Crippen MR) is 101 cm³/mol. The van der Waals surface area contributed by atoms with Gasteiger partial charge < -0.3 is 0 Å². The molecule has 10 heteroatoms. The monoisotopic (exact) mass is 378 g/mol. The summed E-state index contributed by atoms with van der Waals surface area (Å²) in [6.07, 6.45) is 0. The molecule has 0 aliphatic heterocycles. The second-order valence-corrected chi connectivity index (χ2v) is 8.90. The standard InChI is InChI=1S/C15H22N8S2/c1-7-24-14-17-13(25-22-14)19-18-9-10(15(4,5)6)20-23-12(9)16-11(21-23)8(2)3/h8,20H,7H2,1-6H3. The highest BCUT2D eigenvalue weighted by Crippen LogP contribution is 2.35. The SMILES string of the molecule is CCSc1nsc(N=Nc2c(C(C)(C)C)[nH]n3nc(C(C)C)nc23)n1. The smallest absolute Gasteiger partial charge is 0.250 e. The zero-order valence-electron chi connectivity index (χ0n) is 15.2. The molecule has 0 spiro atoms. The van der Waals surface area contributed by atoms with Crippen molar-refractivity contribution in [3.63, 3.8) is 0 Å². The van der Waals surface area contributed by atoms with Gasteiger partial charge in [0.25, 0.3) is 0 Å². The maximum atomic E-state index is 4.62. The number of aromatic nitrogens is 6. The minimum absolute atomic E-state index is 0.140. The van der Waals surface area contributed by atoms with Crippen LogP contribution in [-0.2, 0) is 5.41 Å². The van der Waals surface area contributed by atoms with Gasteiger partial charge in [-0.25, -0.2) is 4.98 Å². The van der Waals surface area contributed by atoms with Crippen LogP contribution in [0.25, 0.3) is 5.65 Å². The van der Waals surface area contributed by atoms with Gasteiger partial charge in [-0.1, -0.05) is 53.3 Å². The quantitative estimate of drug-likeness (QED) is 0.505. The molecule has 0 atom stereocenters. The van der Waals surface area contributed by atoms with E-state index in [2.05, 4.69) is 76.3 Å². The third-order valence-corrected chi connectivity index (χ3v) is 4.91.